The van der Waals surface area contributed by atoms with Crippen molar-refractivity contribution in [2.75, 3.05) is 0 Å². The van der Waals surface area contributed by atoms with Crippen LogP contribution >= 0.6 is 0 Å². The highest BCUT2D eigenvalue weighted by atomic mass is 19.4. The van der Waals surface area contributed by atoms with Crippen molar-refractivity contribution < 1.29 is 36.6 Å². The quantitative estimate of drug-likeness (QED) is 0.340. The molecular weight excluding hydrogens is 419 g/mol. The Balaban J connectivity index is 2.03. The Morgan fingerprint density at radius 1 is 1.03 bits per heavy atom. The topological polar surface area (TPSA) is 46.5 Å². The molecule has 0 aromatic heterocycles. The van der Waals surface area contributed by atoms with E-state index in [1.807, 2.05) is 20.8 Å². The molecule has 0 aromatic carbocycles. The van der Waals surface area contributed by atoms with Gasteiger partial charge in [0.1, 0.15) is 6.10 Å². The Bertz CT molecular complexity index is 640. The number of hydrogen-bond acceptors (Lipinski definition) is 3. The second kappa shape index (κ2) is 8.79. The van der Waals surface area contributed by atoms with Gasteiger partial charge in [-0.25, -0.2) is 8.78 Å². The Hall–Kier alpha value is -0.920. The molecule has 8 heteroatoms. The fraction of sp³-hybridized carbons (Fsp3) is 0.957. The molecule has 0 heterocycles. The van der Waals surface area contributed by atoms with E-state index in [4.69, 9.17) is 4.74 Å². The van der Waals surface area contributed by atoms with E-state index < -0.39 is 36.6 Å². The molecule has 2 rings (SSSR count). The molecule has 0 spiro atoms. The monoisotopic (exact) mass is 456 g/mol. The Labute approximate surface area is 182 Å². The summed E-state index contributed by atoms with van der Waals surface area (Å²) in [6, 6.07) is 0. The maximum atomic E-state index is 13.1. The maximum absolute atomic E-state index is 13.1. The molecule has 1 N–H and O–H groups in total. The van der Waals surface area contributed by atoms with Crippen molar-refractivity contribution in [3.8, 4) is 0 Å². The summed E-state index contributed by atoms with van der Waals surface area (Å²) in [4.78, 5) is 13.0. The van der Waals surface area contributed by atoms with E-state index in [-0.39, 0.29) is 41.0 Å². The molecule has 6 atom stereocenters. The average Bonchev–Trinajstić information content (AvgIpc) is 3.17. The van der Waals surface area contributed by atoms with Gasteiger partial charge in [-0.05, 0) is 60.7 Å². The summed E-state index contributed by atoms with van der Waals surface area (Å²) in [6.45, 7) is 12.2. The molecule has 2 aliphatic rings. The first-order chi connectivity index (χ1) is 13.9. The summed E-state index contributed by atoms with van der Waals surface area (Å²) in [5.41, 5.74) is -4.32. The largest absolute Gasteiger partial charge is 0.462 e. The zero-order valence-electron chi connectivity index (χ0n) is 19.4. The Morgan fingerprint density at radius 2 is 1.61 bits per heavy atom. The van der Waals surface area contributed by atoms with Crippen LogP contribution in [-0.4, -0.2) is 35.4 Å². The van der Waals surface area contributed by atoms with Crippen LogP contribution in [0.25, 0.3) is 0 Å². The lowest BCUT2D eigenvalue weighted by Gasteiger charge is -2.38. The second-order valence-corrected chi connectivity index (χ2v) is 11.5. The number of halogens is 5. The summed E-state index contributed by atoms with van der Waals surface area (Å²) >= 11 is 0. The van der Waals surface area contributed by atoms with Gasteiger partial charge >= 0.3 is 12.1 Å². The molecule has 0 aliphatic heterocycles. The van der Waals surface area contributed by atoms with Crippen molar-refractivity contribution in [3.05, 3.63) is 0 Å². The number of aliphatic hydroxyl groups is 1. The highest BCUT2D eigenvalue weighted by molar-refractivity contribution is 5.73. The van der Waals surface area contributed by atoms with E-state index in [9.17, 15) is 31.9 Å². The van der Waals surface area contributed by atoms with Crippen molar-refractivity contribution in [2.45, 2.75) is 104 Å². The maximum Gasteiger partial charge on any atom is 0.422 e. The smallest absolute Gasteiger partial charge is 0.422 e. The standard InChI is InChI=1S/C23H37F5O3/c1-7-21(5,6)12-16(20(2,3)4)18(29)31-17-10-13-8-14(17)9-15(13)11-22(30,19(24)25)23(26,27)28/h13-17,19,30H,7-12H2,1-6H3. The van der Waals surface area contributed by atoms with Crippen molar-refractivity contribution in [1.82, 2.24) is 0 Å². The van der Waals surface area contributed by atoms with Gasteiger partial charge in [-0.1, -0.05) is 48.0 Å². The van der Waals surface area contributed by atoms with Crippen LogP contribution in [0.1, 0.15) is 80.1 Å². The lowest BCUT2D eigenvalue weighted by molar-refractivity contribution is -0.304. The van der Waals surface area contributed by atoms with E-state index in [0.29, 0.717) is 19.3 Å². The van der Waals surface area contributed by atoms with Gasteiger partial charge in [0.15, 0.2) is 0 Å². The van der Waals surface area contributed by atoms with Gasteiger partial charge in [0.2, 0.25) is 5.60 Å². The van der Waals surface area contributed by atoms with Gasteiger partial charge in [-0.3, -0.25) is 4.79 Å². The predicted octanol–water partition coefficient (Wildman–Crippen LogP) is 6.38. The van der Waals surface area contributed by atoms with Crippen LogP contribution in [0.2, 0.25) is 0 Å². The molecule has 0 radical (unpaired) electrons. The van der Waals surface area contributed by atoms with Crippen LogP contribution < -0.4 is 0 Å². The summed E-state index contributed by atoms with van der Waals surface area (Å²) in [5.74, 6) is -1.66. The number of ether oxygens (including phenoxy) is 1. The highest BCUT2D eigenvalue weighted by Crippen LogP contribution is 2.54. The van der Waals surface area contributed by atoms with E-state index in [0.717, 1.165) is 6.42 Å². The molecule has 0 aromatic rings. The summed E-state index contributed by atoms with van der Waals surface area (Å²) < 4.78 is 71.1. The van der Waals surface area contributed by atoms with Gasteiger partial charge < -0.3 is 9.84 Å². The SMILES string of the molecule is CCC(C)(C)CC(C(=O)OC1CC2CC1CC2CC(O)(C(F)F)C(F)(F)F)C(C)(C)C. The summed E-state index contributed by atoms with van der Waals surface area (Å²) in [6.07, 6.45) is -7.94. The molecule has 0 amide bonds. The van der Waals surface area contributed by atoms with E-state index >= 15 is 0 Å². The average molecular weight is 457 g/mol. The van der Waals surface area contributed by atoms with Crippen LogP contribution in [0.15, 0.2) is 0 Å². The van der Waals surface area contributed by atoms with Gasteiger partial charge in [-0.2, -0.15) is 13.2 Å². The third-order valence-corrected chi connectivity index (χ3v) is 7.68. The predicted molar refractivity (Wildman–Crippen MR) is 107 cm³/mol. The van der Waals surface area contributed by atoms with E-state index in [2.05, 4.69) is 20.8 Å². The Kier molecular flexibility index (Phi) is 7.46. The summed E-state index contributed by atoms with van der Waals surface area (Å²) in [5, 5.41) is 9.66. The lowest BCUT2D eigenvalue weighted by Crippen LogP contribution is -2.53. The molecule has 0 saturated heterocycles. The first kappa shape index (κ1) is 26.3. The minimum atomic E-state index is -5.39. The third kappa shape index (κ3) is 5.72. The number of fused-ring (bicyclic) bond motifs is 2. The molecule has 2 fully saturated rings. The fourth-order valence-electron chi connectivity index (χ4n) is 5.14. The van der Waals surface area contributed by atoms with Crippen LogP contribution in [0.3, 0.4) is 0 Å². The van der Waals surface area contributed by atoms with Gasteiger partial charge in [-0.15, -0.1) is 0 Å². The van der Waals surface area contributed by atoms with Crippen LogP contribution in [0, 0.1) is 34.5 Å². The minimum Gasteiger partial charge on any atom is -0.462 e. The molecule has 2 bridgehead atoms. The molecule has 31 heavy (non-hydrogen) atoms. The molecule has 2 aliphatic carbocycles. The van der Waals surface area contributed by atoms with Gasteiger partial charge in [0, 0.05) is 0 Å². The second-order valence-electron chi connectivity index (χ2n) is 11.5. The molecular formula is C23H37F5O3. The first-order valence-corrected chi connectivity index (χ1v) is 11.2. The van der Waals surface area contributed by atoms with E-state index in [1.165, 1.54) is 0 Å². The number of hydrogen-bond donors (Lipinski definition) is 1. The molecule has 3 nitrogen and oxygen atoms in total. The number of carbonyl (C=O) groups is 1. The first-order valence-electron chi connectivity index (χ1n) is 11.2. The lowest BCUT2D eigenvalue weighted by atomic mass is 9.70. The van der Waals surface area contributed by atoms with Gasteiger partial charge in [0.05, 0.1) is 5.92 Å². The third-order valence-electron chi connectivity index (χ3n) is 7.68. The fourth-order valence-corrected chi connectivity index (χ4v) is 5.14. The van der Waals surface area contributed by atoms with Crippen molar-refractivity contribution in [1.29, 1.82) is 0 Å². The molecule has 6 unspecified atom stereocenters. The zero-order valence-corrected chi connectivity index (χ0v) is 19.4. The number of alkyl halides is 5. The zero-order chi connectivity index (χ0) is 24.0. The van der Waals surface area contributed by atoms with Crippen LogP contribution in [-0.2, 0) is 9.53 Å². The number of rotatable bonds is 8. The molecule has 2 saturated carbocycles. The normalized spacial score (nSPS) is 29.8. The van der Waals surface area contributed by atoms with Crippen molar-refractivity contribution in [3.63, 3.8) is 0 Å². The Morgan fingerprint density at radius 3 is 2.00 bits per heavy atom. The van der Waals surface area contributed by atoms with E-state index in [1.54, 1.807) is 0 Å². The number of esters is 1. The molecule has 182 valence electrons. The van der Waals surface area contributed by atoms with Crippen molar-refractivity contribution in [2.24, 2.45) is 34.5 Å². The highest BCUT2D eigenvalue weighted by Gasteiger charge is 2.63. The van der Waals surface area contributed by atoms with Crippen LogP contribution in [0.4, 0.5) is 22.0 Å². The number of carbonyl (C=O) groups excluding carboxylic acids is 1. The summed E-state index contributed by atoms with van der Waals surface area (Å²) in [7, 11) is 0. The van der Waals surface area contributed by atoms with Gasteiger partial charge in [0.25, 0.3) is 6.43 Å². The van der Waals surface area contributed by atoms with Crippen molar-refractivity contribution >= 4 is 5.97 Å². The minimum absolute atomic E-state index is 0.0337. The van der Waals surface area contributed by atoms with Crippen LogP contribution in [0.5, 0.6) is 0 Å².